The van der Waals surface area contributed by atoms with E-state index in [1.165, 1.54) is 22.9 Å². The molecule has 0 fully saturated rings. The van der Waals surface area contributed by atoms with Crippen LogP contribution in [0.4, 0.5) is 5.00 Å². The van der Waals surface area contributed by atoms with Gasteiger partial charge in [-0.15, -0.1) is 11.3 Å². The molecule has 0 spiro atoms. The van der Waals surface area contributed by atoms with Crippen molar-refractivity contribution in [3.8, 4) is 11.4 Å². The molecule has 6 nitrogen and oxygen atoms in total. The van der Waals surface area contributed by atoms with Gasteiger partial charge in [-0.3, -0.25) is 9.59 Å². The van der Waals surface area contributed by atoms with Crippen molar-refractivity contribution < 1.29 is 4.79 Å². The number of hydrogen-bond acceptors (Lipinski definition) is 4. The monoisotopic (exact) mass is 418 g/mol. The van der Waals surface area contributed by atoms with Gasteiger partial charge in [0.15, 0.2) is 0 Å². The first-order valence-corrected chi connectivity index (χ1v) is 11.1. The van der Waals surface area contributed by atoms with Gasteiger partial charge in [-0.2, -0.15) is 0 Å². The molecule has 7 heteroatoms. The highest BCUT2D eigenvalue weighted by molar-refractivity contribution is 7.17. The smallest absolute Gasteiger partial charge is 0.250 e. The van der Waals surface area contributed by atoms with Gasteiger partial charge >= 0.3 is 0 Å². The zero-order valence-corrected chi connectivity index (χ0v) is 17.3. The fourth-order valence-corrected chi connectivity index (χ4v) is 5.34. The molecule has 4 aromatic rings. The van der Waals surface area contributed by atoms with E-state index in [-0.39, 0.29) is 17.9 Å². The standard InChI is InChI=1S/C23H22N4O2S/c28-19(12-14-27-13-6-5-11-20(27)29)26-23-21(15-7-1-4-10-18(15)30-23)22-24-16-8-2-3-9-17(16)25-22/h2-3,5-6,8-9,11,13H,1,4,7,10,12,14H2,(H,24,25)(H,26,28). The number of benzene rings is 1. The molecule has 0 radical (unpaired) electrons. The Morgan fingerprint density at radius 1 is 1.13 bits per heavy atom. The van der Waals surface area contributed by atoms with Crippen molar-refractivity contribution in [1.29, 1.82) is 0 Å². The van der Waals surface area contributed by atoms with Crippen LogP contribution >= 0.6 is 11.3 Å². The van der Waals surface area contributed by atoms with E-state index in [2.05, 4.69) is 10.3 Å². The molecule has 5 rings (SSSR count). The number of carbonyl (C=O) groups excluding carboxylic acids is 1. The van der Waals surface area contributed by atoms with E-state index in [9.17, 15) is 9.59 Å². The maximum absolute atomic E-state index is 12.7. The highest BCUT2D eigenvalue weighted by atomic mass is 32.1. The van der Waals surface area contributed by atoms with E-state index in [0.29, 0.717) is 6.54 Å². The Kier molecular flexibility index (Phi) is 4.96. The molecule has 3 aromatic heterocycles. The van der Waals surface area contributed by atoms with E-state index in [1.54, 1.807) is 34.2 Å². The summed E-state index contributed by atoms with van der Waals surface area (Å²) in [7, 11) is 0. The lowest BCUT2D eigenvalue weighted by atomic mass is 9.95. The van der Waals surface area contributed by atoms with Crippen LogP contribution in [0, 0.1) is 0 Å². The first kappa shape index (κ1) is 18.8. The number of fused-ring (bicyclic) bond motifs is 2. The molecule has 2 N–H and O–H groups in total. The zero-order valence-electron chi connectivity index (χ0n) is 16.5. The van der Waals surface area contributed by atoms with Gasteiger partial charge in [0, 0.05) is 30.1 Å². The molecule has 0 unspecified atom stereocenters. The van der Waals surface area contributed by atoms with Crippen LogP contribution in [0.3, 0.4) is 0 Å². The molecule has 0 aliphatic heterocycles. The summed E-state index contributed by atoms with van der Waals surface area (Å²) in [6.45, 7) is 0.358. The van der Waals surface area contributed by atoms with Crippen molar-refractivity contribution in [2.24, 2.45) is 0 Å². The molecule has 1 aliphatic rings. The van der Waals surface area contributed by atoms with E-state index < -0.39 is 0 Å². The summed E-state index contributed by atoms with van der Waals surface area (Å²) in [6, 6.07) is 13.0. The molecule has 152 valence electrons. The number of anilines is 1. The molecule has 1 aromatic carbocycles. The van der Waals surface area contributed by atoms with Crippen LogP contribution in [0.25, 0.3) is 22.4 Å². The first-order chi connectivity index (χ1) is 14.7. The Morgan fingerprint density at radius 3 is 2.83 bits per heavy atom. The summed E-state index contributed by atoms with van der Waals surface area (Å²) in [5, 5.41) is 3.96. The normalized spacial score (nSPS) is 13.3. The molecular formula is C23H22N4O2S. The second-order valence-electron chi connectivity index (χ2n) is 7.55. The number of aryl methyl sites for hydroxylation is 2. The molecule has 0 bridgehead atoms. The molecule has 30 heavy (non-hydrogen) atoms. The fourth-order valence-electron chi connectivity index (χ4n) is 4.03. The average molecular weight is 419 g/mol. The number of thiophene rings is 1. The Balaban J connectivity index is 1.44. The number of aromatic amines is 1. The van der Waals surface area contributed by atoms with Crippen molar-refractivity contribution in [2.75, 3.05) is 5.32 Å². The maximum Gasteiger partial charge on any atom is 0.250 e. The predicted molar refractivity (Wildman–Crippen MR) is 120 cm³/mol. The maximum atomic E-state index is 12.7. The fraction of sp³-hybridized carbons (Fsp3) is 0.261. The van der Waals surface area contributed by atoms with Gasteiger partial charge in [0.1, 0.15) is 10.8 Å². The number of hydrogen-bond donors (Lipinski definition) is 2. The number of nitrogens with zero attached hydrogens (tertiary/aromatic N) is 2. The Bertz CT molecular complexity index is 1250. The van der Waals surface area contributed by atoms with E-state index >= 15 is 0 Å². The van der Waals surface area contributed by atoms with Crippen LogP contribution in [0.15, 0.2) is 53.5 Å². The minimum Gasteiger partial charge on any atom is -0.338 e. The van der Waals surface area contributed by atoms with Gasteiger partial charge in [-0.05, 0) is 49.4 Å². The number of aromatic nitrogens is 3. The summed E-state index contributed by atoms with van der Waals surface area (Å²) in [6.07, 6.45) is 6.33. The summed E-state index contributed by atoms with van der Waals surface area (Å²) >= 11 is 1.66. The van der Waals surface area contributed by atoms with Crippen molar-refractivity contribution in [3.05, 3.63) is 69.5 Å². The number of pyridine rings is 1. The van der Waals surface area contributed by atoms with Crippen LogP contribution in [0.5, 0.6) is 0 Å². The van der Waals surface area contributed by atoms with Crippen LogP contribution < -0.4 is 10.9 Å². The minimum absolute atomic E-state index is 0.0956. The quantitative estimate of drug-likeness (QED) is 0.505. The SMILES string of the molecule is O=C(CCn1ccccc1=O)Nc1sc2c(c1-c1nc3ccccc3[nH]1)CCCC2. The van der Waals surface area contributed by atoms with Gasteiger partial charge < -0.3 is 14.9 Å². The number of carbonyl (C=O) groups is 1. The van der Waals surface area contributed by atoms with Gasteiger partial charge in [0.05, 0.1) is 16.6 Å². The first-order valence-electron chi connectivity index (χ1n) is 10.2. The van der Waals surface area contributed by atoms with Crippen molar-refractivity contribution in [2.45, 2.75) is 38.6 Å². The van der Waals surface area contributed by atoms with Crippen molar-refractivity contribution in [1.82, 2.24) is 14.5 Å². The molecule has 0 saturated heterocycles. The largest absolute Gasteiger partial charge is 0.338 e. The van der Waals surface area contributed by atoms with E-state index in [0.717, 1.165) is 46.7 Å². The molecular weight excluding hydrogens is 396 g/mol. The summed E-state index contributed by atoms with van der Waals surface area (Å²) in [5.41, 5.74) is 4.14. The number of H-pyrrole nitrogens is 1. The minimum atomic E-state index is -0.0974. The second-order valence-corrected chi connectivity index (χ2v) is 8.65. The lowest BCUT2D eigenvalue weighted by molar-refractivity contribution is -0.116. The van der Waals surface area contributed by atoms with Crippen LogP contribution in [0.1, 0.15) is 29.7 Å². The van der Waals surface area contributed by atoms with Gasteiger partial charge in [0.2, 0.25) is 5.91 Å². The number of rotatable bonds is 5. The predicted octanol–water partition coefficient (Wildman–Crippen LogP) is 4.36. The van der Waals surface area contributed by atoms with E-state index in [1.807, 2.05) is 24.3 Å². The lowest BCUT2D eigenvalue weighted by Gasteiger charge is -2.12. The van der Waals surface area contributed by atoms with Gasteiger partial charge in [-0.25, -0.2) is 4.98 Å². The number of imidazole rings is 1. The Morgan fingerprint density at radius 2 is 1.97 bits per heavy atom. The molecule has 1 aliphatic carbocycles. The molecule has 1 amide bonds. The number of amides is 1. The zero-order chi connectivity index (χ0) is 20.5. The van der Waals surface area contributed by atoms with Crippen molar-refractivity contribution >= 4 is 33.3 Å². The molecule has 3 heterocycles. The third kappa shape index (κ3) is 3.57. The van der Waals surface area contributed by atoms with Gasteiger partial charge in [0.25, 0.3) is 5.56 Å². The van der Waals surface area contributed by atoms with E-state index in [4.69, 9.17) is 4.98 Å². The third-order valence-electron chi connectivity index (χ3n) is 5.53. The molecule has 0 saturated carbocycles. The van der Waals surface area contributed by atoms with Crippen LogP contribution in [0.2, 0.25) is 0 Å². The number of nitrogens with one attached hydrogen (secondary N) is 2. The summed E-state index contributed by atoms with van der Waals surface area (Å²) in [5.74, 6) is 0.715. The Labute approximate surface area is 177 Å². The van der Waals surface area contributed by atoms with Crippen molar-refractivity contribution in [3.63, 3.8) is 0 Å². The number of para-hydroxylation sites is 2. The third-order valence-corrected chi connectivity index (χ3v) is 6.74. The van der Waals surface area contributed by atoms with Crippen LogP contribution in [-0.4, -0.2) is 20.4 Å². The lowest BCUT2D eigenvalue weighted by Crippen LogP contribution is -2.21. The second kappa shape index (κ2) is 7.91. The Hall–Kier alpha value is -3.19. The highest BCUT2D eigenvalue weighted by Gasteiger charge is 2.25. The summed E-state index contributed by atoms with van der Waals surface area (Å²) < 4.78 is 1.55. The van der Waals surface area contributed by atoms with Gasteiger partial charge in [-0.1, -0.05) is 18.2 Å². The highest BCUT2D eigenvalue weighted by Crippen LogP contribution is 2.43. The average Bonchev–Trinajstić information content (AvgIpc) is 3.33. The summed E-state index contributed by atoms with van der Waals surface area (Å²) in [4.78, 5) is 34.1. The topological polar surface area (TPSA) is 79.8 Å². The van der Waals surface area contributed by atoms with Crippen LogP contribution in [-0.2, 0) is 24.2 Å². The molecule has 0 atom stereocenters.